The van der Waals surface area contributed by atoms with E-state index >= 15 is 0 Å². The highest BCUT2D eigenvalue weighted by molar-refractivity contribution is 5.15. The standard InChI is InChI=1S/C19H27N5O2/c25-13-18(26)17-8-16-12-23(6-7-24(16)22-17)11-14-9-20-19(21-10-14)15-4-2-1-3-5-15/h8-10,15,18,25-26H,1-7,11-13H2. The monoisotopic (exact) mass is 357 g/mol. The SMILES string of the molecule is OCC(O)c1cc2n(n1)CCN(Cc1cnc(C3CCCCC3)nc1)C2. The second-order valence-electron chi connectivity index (χ2n) is 7.48. The van der Waals surface area contributed by atoms with Gasteiger partial charge < -0.3 is 10.2 Å². The first kappa shape index (κ1) is 17.6. The quantitative estimate of drug-likeness (QED) is 0.848. The van der Waals surface area contributed by atoms with Crippen LogP contribution in [-0.2, 0) is 19.6 Å². The smallest absolute Gasteiger partial charge is 0.131 e. The Labute approximate surface area is 153 Å². The van der Waals surface area contributed by atoms with Gasteiger partial charge in [0, 0.05) is 43.5 Å². The molecule has 0 aromatic carbocycles. The summed E-state index contributed by atoms with van der Waals surface area (Å²) in [5.41, 5.74) is 2.75. The summed E-state index contributed by atoms with van der Waals surface area (Å²) in [6.07, 6.45) is 9.43. The van der Waals surface area contributed by atoms with Crippen LogP contribution in [-0.4, -0.2) is 48.0 Å². The minimum atomic E-state index is -0.901. The molecule has 0 radical (unpaired) electrons. The Hall–Kier alpha value is -1.83. The van der Waals surface area contributed by atoms with Crippen LogP contribution >= 0.6 is 0 Å². The second-order valence-corrected chi connectivity index (χ2v) is 7.48. The van der Waals surface area contributed by atoms with E-state index in [1.54, 1.807) is 0 Å². The van der Waals surface area contributed by atoms with Crippen molar-refractivity contribution in [3.8, 4) is 0 Å². The van der Waals surface area contributed by atoms with Crippen LogP contribution in [0.5, 0.6) is 0 Å². The lowest BCUT2D eigenvalue weighted by Crippen LogP contribution is -2.33. The molecule has 140 valence electrons. The molecule has 0 saturated heterocycles. The van der Waals surface area contributed by atoms with Crippen molar-refractivity contribution in [1.82, 2.24) is 24.6 Å². The number of fused-ring (bicyclic) bond motifs is 1. The minimum absolute atomic E-state index is 0.301. The Morgan fingerprint density at radius 1 is 1.12 bits per heavy atom. The van der Waals surface area contributed by atoms with E-state index in [1.165, 1.54) is 32.1 Å². The molecular formula is C19H27N5O2. The molecule has 1 unspecified atom stereocenters. The van der Waals surface area contributed by atoms with Crippen LogP contribution in [0, 0.1) is 0 Å². The van der Waals surface area contributed by atoms with Crippen molar-refractivity contribution in [1.29, 1.82) is 0 Å². The summed E-state index contributed by atoms with van der Waals surface area (Å²) >= 11 is 0. The fraction of sp³-hybridized carbons (Fsp3) is 0.632. The number of aliphatic hydroxyl groups excluding tert-OH is 2. The summed E-state index contributed by atoms with van der Waals surface area (Å²) < 4.78 is 1.92. The van der Waals surface area contributed by atoms with Crippen LogP contribution in [0.15, 0.2) is 18.5 Å². The molecule has 2 aromatic heterocycles. The van der Waals surface area contributed by atoms with E-state index in [2.05, 4.69) is 20.0 Å². The molecule has 1 atom stereocenters. The van der Waals surface area contributed by atoms with Gasteiger partial charge >= 0.3 is 0 Å². The fourth-order valence-corrected chi connectivity index (χ4v) is 4.01. The molecule has 7 heteroatoms. The molecule has 2 aliphatic rings. The lowest BCUT2D eigenvalue weighted by Gasteiger charge is -2.27. The largest absolute Gasteiger partial charge is 0.393 e. The maximum atomic E-state index is 9.76. The third kappa shape index (κ3) is 3.79. The van der Waals surface area contributed by atoms with Gasteiger partial charge in [0.05, 0.1) is 24.5 Å². The van der Waals surface area contributed by atoms with Gasteiger partial charge in [-0.05, 0) is 18.9 Å². The average Bonchev–Trinajstić information content (AvgIpc) is 3.12. The van der Waals surface area contributed by atoms with Gasteiger partial charge in [-0.2, -0.15) is 5.10 Å². The predicted molar refractivity (Wildman–Crippen MR) is 96.2 cm³/mol. The molecule has 0 amide bonds. The molecule has 1 aliphatic carbocycles. The van der Waals surface area contributed by atoms with Gasteiger partial charge in [0.2, 0.25) is 0 Å². The highest BCUT2D eigenvalue weighted by Gasteiger charge is 2.22. The summed E-state index contributed by atoms with van der Waals surface area (Å²) in [5, 5.41) is 23.2. The van der Waals surface area contributed by atoms with E-state index in [1.807, 2.05) is 23.1 Å². The first-order valence-corrected chi connectivity index (χ1v) is 9.61. The lowest BCUT2D eigenvalue weighted by molar-refractivity contribution is 0.0915. The minimum Gasteiger partial charge on any atom is -0.393 e. The van der Waals surface area contributed by atoms with Crippen molar-refractivity contribution in [2.45, 2.75) is 63.8 Å². The molecule has 1 fully saturated rings. The molecule has 4 rings (SSSR count). The van der Waals surface area contributed by atoms with E-state index in [4.69, 9.17) is 5.11 Å². The van der Waals surface area contributed by atoms with Crippen molar-refractivity contribution < 1.29 is 10.2 Å². The maximum Gasteiger partial charge on any atom is 0.131 e. The van der Waals surface area contributed by atoms with Gasteiger partial charge in [-0.25, -0.2) is 9.97 Å². The molecule has 0 bridgehead atoms. The Morgan fingerprint density at radius 2 is 1.88 bits per heavy atom. The fourth-order valence-electron chi connectivity index (χ4n) is 4.01. The van der Waals surface area contributed by atoms with Gasteiger partial charge in [-0.3, -0.25) is 9.58 Å². The zero-order valence-corrected chi connectivity index (χ0v) is 15.1. The lowest BCUT2D eigenvalue weighted by atomic mass is 9.89. The van der Waals surface area contributed by atoms with Crippen LogP contribution in [0.25, 0.3) is 0 Å². The molecule has 2 N–H and O–H groups in total. The topological polar surface area (TPSA) is 87.3 Å². The Bertz CT molecular complexity index is 724. The van der Waals surface area contributed by atoms with Crippen molar-refractivity contribution in [3.05, 3.63) is 41.2 Å². The Kier molecular flexibility index (Phi) is 5.28. The number of aliphatic hydroxyl groups is 2. The van der Waals surface area contributed by atoms with Crippen molar-refractivity contribution in [3.63, 3.8) is 0 Å². The molecule has 2 aromatic rings. The van der Waals surface area contributed by atoms with Gasteiger partial charge in [0.25, 0.3) is 0 Å². The highest BCUT2D eigenvalue weighted by atomic mass is 16.3. The van der Waals surface area contributed by atoms with Gasteiger partial charge in [0.1, 0.15) is 11.9 Å². The van der Waals surface area contributed by atoms with Crippen LogP contribution in [0.4, 0.5) is 0 Å². The van der Waals surface area contributed by atoms with E-state index in [0.29, 0.717) is 11.6 Å². The Balaban J connectivity index is 1.38. The zero-order valence-electron chi connectivity index (χ0n) is 15.1. The second kappa shape index (κ2) is 7.82. The van der Waals surface area contributed by atoms with Crippen LogP contribution in [0.1, 0.15) is 66.9 Å². The maximum absolute atomic E-state index is 9.76. The van der Waals surface area contributed by atoms with Crippen molar-refractivity contribution >= 4 is 0 Å². The predicted octanol–water partition coefficient (Wildman–Crippen LogP) is 1.76. The van der Waals surface area contributed by atoms with E-state index in [-0.39, 0.29) is 6.61 Å². The first-order chi connectivity index (χ1) is 12.7. The number of hydrogen-bond acceptors (Lipinski definition) is 6. The summed E-state index contributed by atoms with van der Waals surface area (Å²) in [7, 11) is 0. The van der Waals surface area contributed by atoms with Crippen LogP contribution in [0.2, 0.25) is 0 Å². The summed E-state index contributed by atoms with van der Waals surface area (Å²) in [6.45, 7) is 2.97. The number of rotatable bonds is 5. The Morgan fingerprint density at radius 3 is 2.62 bits per heavy atom. The van der Waals surface area contributed by atoms with Gasteiger partial charge in [-0.15, -0.1) is 0 Å². The summed E-state index contributed by atoms with van der Waals surface area (Å²) in [5.74, 6) is 1.55. The number of nitrogens with zero attached hydrogens (tertiary/aromatic N) is 5. The normalized spacial score (nSPS) is 20.1. The molecular weight excluding hydrogens is 330 g/mol. The number of hydrogen-bond donors (Lipinski definition) is 2. The molecule has 1 saturated carbocycles. The summed E-state index contributed by atoms with van der Waals surface area (Å²) in [6, 6.07) is 1.88. The zero-order chi connectivity index (χ0) is 17.9. The molecule has 0 spiro atoms. The summed E-state index contributed by atoms with van der Waals surface area (Å²) in [4.78, 5) is 11.6. The first-order valence-electron chi connectivity index (χ1n) is 9.61. The molecule has 1 aliphatic heterocycles. The van der Waals surface area contributed by atoms with Gasteiger partial charge in [-0.1, -0.05) is 19.3 Å². The van der Waals surface area contributed by atoms with Gasteiger partial charge in [0.15, 0.2) is 0 Å². The van der Waals surface area contributed by atoms with Crippen molar-refractivity contribution in [2.75, 3.05) is 13.2 Å². The third-order valence-corrected chi connectivity index (χ3v) is 5.51. The number of aromatic nitrogens is 4. The van der Waals surface area contributed by atoms with Crippen LogP contribution < -0.4 is 0 Å². The van der Waals surface area contributed by atoms with E-state index in [9.17, 15) is 5.11 Å². The average molecular weight is 357 g/mol. The third-order valence-electron chi connectivity index (χ3n) is 5.51. The van der Waals surface area contributed by atoms with E-state index < -0.39 is 6.10 Å². The molecule has 7 nitrogen and oxygen atoms in total. The van der Waals surface area contributed by atoms with Crippen molar-refractivity contribution in [2.24, 2.45) is 0 Å². The van der Waals surface area contributed by atoms with E-state index in [0.717, 1.165) is 43.3 Å². The van der Waals surface area contributed by atoms with Crippen LogP contribution in [0.3, 0.4) is 0 Å². The molecule has 3 heterocycles. The highest BCUT2D eigenvalue weighted by Crippen LogP contribution is 2.30. The molecule has 26 heavy (non-hydrogen) atoms.